The number of methoxy groups -OCH3 is 1. The molecule has 1 heterocycles. The van der Waals surface area contributed by atoms with Gasteiger partial charge in [-0.15, -0.1) is 0 Å². The number of hydrogen-bond acceptors (Lipinski definition) is 5. The fourth-order valence-electron chi connectivity index (χ4n) is 4.03. The van der Waals surface area contributed by atoms with Crippen LogP contribution < -0.4 is 13.8 Å². The number of rotatable bonds is 9. The molecule has 0 saturated heterocycles. The normalized spacial score (nSPS) is 12.9. The molecule has 0 atom stereocenters. The number of para-hydroxylation sites is 2. The number of carboxylic acids is 1. The van der Waals surface area contributed by atoms with Gasteiger partial charge in [0.05, 0.1) is 12.8 Å². The highest BCUT2D eigenvalue weighted by Crippen LogP contribution is 2.38. The van der Waals surface area contributed by atoms with E-state index in [-0.39, 0.29) is 35.8 Å². The first-order chi connectivity index (χ1) is 16.3. The molecule has 0 radical (unpaired) electrons. The molecule has 1 aliphatic rings. The summed E-state index contributed by atoms with van der Waals surface area (Å²) in [7, 11) is -2.45. The summed E-state index contributed by atoms with van der Waals surface area (Å²) in [5, 5.41) is 8.79. The maximum atomic E-state index is 14.4. The van der Waals surface area contributed by atoms with E-state index in [1.54, 1.807) is 30.3 Å². The zero-order valence-corrected chi connectivity index (χ0v) is 19.3. The maximum absolute atomic E-state index is 14.4. The number of aryl methyl sites for hydroxylation is 1. The molecule has 1 aliphatic heterocycles. The molecule has 0 aromatic heterocycles. The highest BCUT2D eigenvalue weighted by atomic mass is 32.2. The van der Waals surface area contributed by atoms with Crippen molar-refractivity contribution in [1.29, 1.82) is 0 Å². The number of fused-ring (bicyclic) bond motifs is 1. The van der Waals surface area contributed by atoms with E-state index in [4.69, 9.17) is 14.6 Å². The van der Waals surface area contributed by atoms with Crippen molar-refractivity contribution < 1.29 is 32.2 Å². The Morgan fingerprint density at radius 3 is 2.62 bits per heavy atom. The third-order valence-electron chi connectivity index (χ3n) is 5.70. The fraction of sp³-hybridized carbons (Fsp3) is 0.240. The van der Waals surface area contributed by atoms with Crippen LogP contribution in [0.3, 0.4) is 0 Å². The van der Waals surface area contributed by atoms with Crippen LogP contribution in [0.1, 0.15) is 23.1 Å². The summed E-state index contributed by atoms with van der Waals surface area (Å²) in [4.78, 5) is 10.8. The monoisotopic (exact) mass is 485 g/mol. The zero-order chi connectivity index (χ0) is 24.3. The average Bonchev–Trinajstić information content (AvgIpc) is 3.28. The molecule has 0 unspecified atom stereocenters. The van der Waals surface area contributed by atoms with Crippen molar-refractivity contribution in [2.75, 3.05) is 18.0 Å². The van der Waals surface area contributed by atoms with Crippen molar-refractivity contribution in [2.24, 2.45) is 0 Å². The first-order valence-corrected chi connectivity index (χ1v) is 12.1. The van der Waals surface area contributed by atoms with Gasteiger partial charge in [0.25, 0.3) is 10.0 Å². The number of ether oxygens (including phenoxy) is 2. The van der Waals surface area contributed by atoms with E-state index in [0.29, 0.717) is 29.8 Å². The highest BCUT2D eigenvalue weighted by molar-refractivity contribution is 7.93. The largest absolute Gasteiger partial charge is 0.495 e. The minimum atomic E-state index is -3.88. The van der Waals surface area contributed by atoms with Gasteiger partial charge in [-0.1, -0.05) is 36.4 Å². The molecule has 0 fully saturated rings. The Labute approximate surface area is 197 Å². The summed E-state index contributed by atoms with van der Waals surface area (Å²) in [6.07, 6.45) is 0.484. The van der Waals surface area contributed by atoms with Gasteiger partial charge in [-0.25, -0.2) is 12.8 Å². The van der Waals surface area contributed by atoms with Crippen LogP contribution in [0.25, 0.3) is 0 Å². The smallest absolute Gasteiger partial charge is 0.303 e. The number of carboxylic acid groups (broad SMARTS) is 1. The SMILES string of the molecule is COc1ccccc1S(=O)(=O)N1CCc2cccc(COc3ccc(CCC(=O)O)c(F)c3)c21. The molecular formula is C25H24FNO6S. The van der Waals surface area contributed by atoms with E-state index in [9.17, 15) is 17.6 Å². The number of sulfonamides is 1. The van der Waals surface area contributed by atoms with Crippen LogP contribution in [0.5, 0.6) is 11.5 Å². The van der Waals surface area contributed by atoms with Crippen molar-refractivity contribution in [3.05, 3.63) is 83.2 Å². The third-order valence-corrected chi connectivity index (χ3v) is 7.54. The minimum absolute atomic E-state index is 0.0367. The van der Waals surface area contributed by atoms with Crippen molar-refractivity contribution in [3.8, 4) is 11.5 Å². The van der Waals surface area contributed by atoms with E-state index in [2.05, 4.69) is 0 Å². The molecule has 34 heavy (non-hydrogen) atoms. The van der Waals surface area contributed by atoms with Gasteiger partial charge in [0.2, 0.25) is 0 Å². The first kappa shape index (κ1) is 23.6. The van der Waals surface area contributed by atoms with Gasteiger partial charge in [-0.05, 0) is 42.2 Å². The molecule has 178 valence electrons. The Morgan fingerprint density at radius 1 is 1.09 bits per heavy atom. The number of benzene rings is 3. The summed E-state index contributed by atoms with van der Waals surface area (Å²) < 4.78 is 53.8. The van der Waals surface area contributed by atoms with Crippen LogP contribution in [-0.2, 0) is 34.3 Å². The molecule has 0 saturated carbocycles. The number of hydrogen-bond donors (Lipinski definition) is 1. The summed E-state index contributed by atoms with van der Waals surface area (Å²) in [6.45, 7) is 0.328. The Hall–Kier alpha value is -3.59. The fourth-order valence-corrected chi connectivity index (χ4v) is 5.73. The Kier molecular flexibility index (Phi) is 6.74. The molecule has 9 heteroatoms. The van der Waals surface area contributed by atoms with Crippen LogP contribution in [0.2, 0.25) is 0 Å². The summed E-state index contributed by atoms with van der Waals surface area (Å²) in [6, 6.07) is 16.3. The number of nitrogens with zero attached hydrogens (tertiary/aromatic N) is 1. The minimum Gasteiger partial charge on any atom is -0.495 e. The van der Waals surface area contributed by atoms with Gasteiger partial charge in [-0.2, -0.15) is 0 Å². The lowest BCUT2D eigenvalue weighted by molar-refractivity contribution is -0.136. The molecule has 4 rings (SSSR count). The topological polar surface area (TPSA) is 93.1 Å². The molecular weight excluding hydrogens is 461 g/mol. The zero-order valence-electron chi connectivity index (χ0n) is 18.5. The number of aliphatic carboxylic acids is 1. The number of carbonyl (C=O) groups is 1. The molecule has 3 aromatic rings. The van der Waals surface area contributed by atoms with Gasteiger partial charge < -0.3 is 14.6 Å². The van der Waals surface area contributed by atoms with E-state index < -0.39 is 21.8 Å². The lowest BCUT2D eigenvalue weighted by Gasteiger charge is -2.23. The Balaban J connectivity index is 1.58. The quantitative estimate of drug-likeness (QED) is 0.489. The first-order valence-electron chi connectivity index (χ1n) is 10.7. The van der Waals surface area contributed by atoms with Gasteiger partial charge in [0.1, 0.15) is 28.8 Å². The van der Waals surface area contributed by atoms with Crippen molar-refractivity contribution in [1.82, 2.24) is 0 Å². The lowest BCUT2D eigenvalue weighted by atomic mass is 10.1. The van der Waals surface area contributed by atoms with Crippen LogP contribution >= 0.6 is 0 Å². The van der Waals surface area contributed by atoms with E-state index >= 15 is 0 Å². The molecule has 7 nitrogen and oxygen atoms in total. The van der Waals surface area contributed by atoms with Gasteiger partial charge in [0.15, 0.2) is 0 Å². The molecule has 0 bridgehead atoms. The molecule has 1 N–H and O–H groups in total. The number of anilines is 1. The van der Waals surface area contributed by atoms with Crippen LogP contribution in [0.15, 0.2) is 65.6 Å². The summed E-state index contributed by atoms with van der Waals surface area (Å²) >= 11 is 0. The van der Waals surface area contributed by atoms with E-state index in [0.717, 1.165) is 5.56 Å². The molecule has 0 spiro atoms. The predicted octanol–water partition coefficient (Wildman–Crippen LogP) is 4.18. The Bertz CT molecular complexity index is 1320. The molecule has 3 aromatic carbocycles. The van der Waals surface area contributed by atoms with Crippen LogP contribution in [0.4, 0.5) is 10.1 Å². The van der Waals surface area contributed by atoms with Crippen LogP contribution in [0, 0.1) is 5.82 Å². The molecule has 0 aliphatic carbocycles. The van der Waals surface area contributed by atoms with Crippen molar-refractivity contribution in [2.45, 2.75) is 30.8 Å². The van der Waals surface area contributed by atoms with E-state index in [1.165, 1.54) is 29.6 Å². The number of halogens is 1. The second-order valence-electron chi connectivity index (χ2n) is 7.84. The van der Waals surface area contributed by atoms with Gasteiger partial charge in [0, 0.05) is 24.6 Å². The second-order valence-corrected chi connectivity index (χ2v) is 9.67. The lowest BCUT2D eigenvalue weighted by Crippen LogP contribution is -2.30. The highest BCUT2D eigenvalue weighted by Gasteiger charge is 2.34. The summed E-state index contributed by atoms with van der Waals surface area (Å²) in [5.74, 6) is -1.00. The molecule has 0 amide bonds. The standard InChI is InChI=1S/C25H24FNO6S/c1-32-22-7-2-3-8-23(22)34(30,31)27-14-13-18-5-4-6-19(25(18)27)16-33-20-11-9-17(21(26)15-20)10-12-24(28)29/h2-9,11,15H,10,12-14,16H2,1H3,(H,28,29). The van der Waals surface area contributed by atoms with Crippen molar-refractivity contribution >= 4 is 21.7 Å². The maximum Gasteiger partial charge on any atom is 0.303 e. The summed E-state index contributed by atoms with van der Waals surface area (Å²) in [5.41, 5.74) is 2.40. The Morgan fingerprint density at radius 2 is 1.88 bits per heavy atom. The van der Waals surface area contributed by atoms with Crippen molar-refractivity contribution in [3.63, 3.8) is 0 Å². The average molecular weight is 486 g/mol. The third kappa shape index (κ3) is 4.70. The second kappa shape index (κ2) is 9.72. The van der Waals surface area contributed by atoms with Crippen LogP contribution in [-0.4, -0.2) is 33.1 Å². The predicted molar refractivity (Wildman–Crippen MR) is 124 cm³/mol. The van der Waals surface area contributed by atoms with Gasteiger partial charge >= 0.3 is 5.97 Å². The van der Waals surface area contributed by atoms with Gasteiger partial charge in [-0.3, -0.25) is 9.10 Å². The van der Waals surface area contributed by atoms with E-state index in [1.807, 2.05) is 12.1 Å².